The largest absolute Gasteiger partial charge is 0.496 e. The number of aromatic nitrogens is 1. The predicted octanol–water partition coefficient (Wildman–Crippen LogP) is 3.28. The zero-order valence-electron chi connectivity index (χ0n) is 10.8. The Morgan fingerprint density at radius 2 is 1.89 bits per heavy atom. The fraction of sp³-hybridized carbons (Fsp3) is 0.125. The van der Waals surface area contributed by atoms with Crippen LogP contribution in [0.1, 0.15) is 5.56 Å². The number of methoxy groups -OCH3 is 1. The Morgan fingerprint density at radius 3 is 2.68 bits per heavy atom. The first-order valence-corrected chi connectivity index (χ1v) is 6.25. The number of nitrogens with zero attached hydrogens (tertiary/aromatic N) is 1. The molecule has 0 radical (unpaired) electrons. The smallest absolute Gasteiger partial charge is 0.128 e. The highest BCUT2D eigenvalue weighted by atomic mass is 16.5. The maximum atomic E-state index is 6.00. The zero-order chi connectivity index (χ0) is 13.2. The van der Waals surface area contributed by atoms with Crippen molar-refractivity contribution in [3.63, 3.8) is 0 Å². The van der Waals surface area contributed by atoms with Crippen LogP contribution in [0.2, 0.25) is 0 Å². The van der Waals surface area contributed by atoms with E-state index in [0.717, 1.165) is 34.4 Å². The molecule has 0 aliphatic heterocycles. The van der Waals surface area contributed by atoms with Gasteiger partial charge in [-0.05, 0) is 29.8 Å². The van der Waals surface area contributed by atoms with Crippen molar-refractivity contribution in [2.24, 2.45) is 0 Å². The van der Waals surface area contributed by atoms with Crippen LogP contribution in [0.15, 0.2) is 54.7 Å². The Balaban J connectivity index is 2.05. The number of benzene rings is 2. The lowest BCUT2D eigenvalue weighted by Gasteiger charge is -2.09. The van der Waals surface area contributed by atoms with E-state index in [9.17, 15) is 0 Å². The molecule has 0 spiro atoms. The Kier molecular flexibility index (Phi) is 2.88. The fourth-order valence-corrected chi connectivity index (χ4v) is 2.37. The summed E-state index contributed by atoms with van der Waals surface area (Å²) in [6.07, 6.45) is 2.07. The van der Waals surface area contributed by atoms with Crippen molar-refractivity contribution in [3.05, 3.63) is 60.3 Å². The number of rotatable bonds is 3. The summed E-state index contributed by atoms with van der Waals surface area (Å²) in [5, 5.41) is 1.12. The molecule has 0 saturated carbocycles. The molecule has 0 atom stereocenters. The molecular formula is C16H16N2O. The first kappa shape index (κ1) is 11.7. The molecule has 3 aromatic rings. The molecule has 1 heterocycles. The molecule has 3 nitrogen and oxygen atoms in total. The summed E-state index contributed by atoms with van der Waals surface area (Å²) >= 11 is 0. The van der Waals surface area contributed by atoms with Crippen LogP contribution < -0.4 is 10.5 Å². The van der Waals surface area contributed by atoms with Gasteiger partial charge in [-0.15, -0.1) is 0 Å². The molecule has 96 valence electrons. The number of hydrogen-bond acceptors (Lipinski definition) is 2. The van der Waals surface area contributed by atoms with Gasteiger partial charge in [0.2, 0.25) is 0 Å². The number of nitrogens with two attached hydrogens (primary N) is 1. The molecule has 0 unspecified atom stereocenters. The summed E-state index contributed by atoms with van der Waals surface area (Å²) in [6.45, 7) is 0.767. The zero-order valence-corrected chi connectivity index (χ0v) is 10.8. The van der Waals surface area contributed by atoms with Gasteiger partial charge in [-0.1, -0.05) is 24.3 Å². The van der Waals surface area contributed by atoms with Gasteiger partial charge in [0.25, 0.3) is 0 Å². The van der Waals surface area contributed by atoms with Crippen LogP contribution in [-0.2, 0) is 6.54 Å². The molecule has 3 rings (SSSR count). The molecule has 0 aliphatic rings. The maximum absolute atomic E-state index is 6.00. The van der Waals surface area contributed by atoms with Crippen molar-refractivity contribution in [2.75, 3.05) is 12.8 Å². The first-order chi connectivity index (χ1) is 9.29. The lowest BCUT2D eigenvalue weighted by Crippen LogP contribution is -2.01. The van der Waals surface area contributed by atoms with Crippen LogP contribution in [0.4, 0.5) is 5.69 Å². The Labute approximate surface area is 112 Å². The third-order valence-corrected chi connectivity index (χ3v) is 3.39. The van der Waals surface area contributed by atoms with Gasteiger partial charge in [0, 0.05) is 23.8 Å². The monoisotopic (exact) mass is 252 g/mol. The number of nitrogen functional groups attached to an aromatic ring is 1. The van der Waals surface area contributed by atoms with Crippen LogP contribution in [-0.4, -0.2) is 11.7 Å². The topological polar surface area (TPSA) is 40.2 Å². The summed E-state index contributed by atoms with van der Waals surface area (Å²) in [5.41, 5.74) is 9.11. The molecule has 0 bridgehead atoms. The lowest BCUT2D eigenvalue weighted by atomic mass is 10.2. The van der Waals surface area contributed by atoms with E-state index < -0.39 is 0 Å². The van der Waals surface area contributed by atoms with E-state index >= 15 is 0 Å². The molecule has 0 amide bonds. The van der Waals surface area contributed by atoms with Gasteiger partial charge in [0.1, 0.15) is 5.75 Å². The minimum absolute atomic E-state index is 0.767. The summed E-state index contributed by atoms with van der Waals surface area (Å²) in [6, 6.07) is 16.1. The third-order valence-electron chi connectivity index (χ3n) is 3.39. The van der Waals surface area contributed by atoms with Crippen LogP contribution in [0.3, 0.4) is 0 Å². The molecule has 2 aromatic carbocycles. The summed E-state index contributed by atoms with van der Waals surface area (Å²) in [4.78, 5) is 0. The minimum Gasteiger partial charge on any atom is -0.496 e. The van der Waals surface area contributed by atoms with Gasteiger partial charge in [0.05, 0.1) is 12.6 Å². The third kappa shape index (κ3) is 2.03. The quantitative estimate of drug-likeness (QED) is 0.727. The van der Waals surface area contributed by atoms with Crippen molar-refractivity contribution < 1.29 is 4.74 Å². The van der Waals surface area contributed by atoms with E-state index in [-0.39, 0.29) is 0 Å². The first-order valence-electron chi connectivity index (χ1n) is 6.25. The van der Waals surface area contributed by atoms with Crippen molar-refractivity contribution in [1.29, 1.82) is 0 Å². The number of fused-ring (bicyclic) bond motifs is 1. The number of ether oxygens (including phenoxy) is 1. The van der Waals surface area contributed by atoms with Gasteiger partial charge in [-0.25, -0.2) is 0 Å². The van der Waals surface area contributed by atoms with Crippen molar-refractivity contribution >= 4 is 16.6 Å². The van der Waals surface area contributed by atoms with E-state index in [1.165, 1.54) is 0 Å². The molecule has 0 saturated heterocycles. The second-order valence-electron chi connectivity index (χ2n) is 4.54. The molecule has 0 aliphatic carbocycles. The van der Waals surface area contributed by atoms with Crippen LogP contribution in [0, 0.1) is 0 Å². The van der Waals surface area contributed by atoms with Gasteiger partial charge in [-0.3, -0.25) is 0 Å². The molecular weight excluding hydrogens is 236 g/mol. The molecule has 1 aromatic heterocycles. The SMILES string of the molecule is COc1cccc2c1ccn2Cc1ccccc1N. The van der Waals surface area contributed by atoms with E-state index in [1.54, 1.807) is 7.11 Å². The predicted molar refractivity (Wildman–Crippen MR) is 78.4 cm³/mol. The van der Waals surface area contributed by atoms with Crippen LogP contribution >= 0.6 is 0 Å². The second kappa shape index (κ2) is 4.69. The molecule has 19 heavy (non-hydrogen) atoms. The van der Waals surface area contributed by atoms with Crippen LogP contribution in [0.5, 0.6) is 5.75 Å². The number of anilines is 1. The van der Waals surface area contributed by atoms with E-state index in [2.05, 4.69) is 29.0 Å². The van der Waals surface area contributed by atoms with Crippen LogP contribution in [0.25, 0.3) is 10.9 Å². The van der Waals surface area contributed by atoms with E-state index in [4.69, 9.17) is 10.5 Å². The molecule has 0 fully saturated rings. The summed E-state index contributed by atoms with van der Waals surface area (Å²) in [7, 11) is 1.70. The molecule has 3 heteroatoms. The van der Waals surface area contributed by atoms with Gasteiger partial charge < -0.3 is 15.0 Å². The Morgan fingerprint density at radius 1 is 1.05 bits per heavy atom. The van der Waals surface area contributed by atoms with Crippen molar-refractivity contribution in [1.82, 2.24) is 4.57 Å². The fourth-order valence-electron chi connectivity index (χ4n) is 2.37. The van der Waals surface area contributed by atoms with Gasteiger partial charge >= 0.3 is 0 Å². The van der Waals surface area contributed by atoms with Crippen molar-refractivity contribution in [2.45, 2.75) is 6.54 Å². The van der Waals surface area contributed by atoms with Crippen molar-refractivity contribution in [3.8, 4) is 5.75 Å². The minimum atomic E-state index is 0.767. The van der Waals surface area contributed by atoms with E-state index in [0.29, 0.717) is 0 Å². The van der Waals surface area contributed by atoms with Gasteiger partial charge in [0.15, 0.2) is 0 Å². The normalized spacial score (nSPS) is 10.8. The average molecular weight is 252 g/mol. The Hall–Kier alpha value is -2.42. The van der Waals surface area contributed by atoms with E-state index in [1.807, 2.05) is 30.3 Å². The lowest BCUT2D eigenvalue weighted by molar-refractivity contribution is 0.420. The second-order valence-corrected chi connectivity index (χ2v) is 4.54. The summed E-state index contributed by atoms with van der Waals surface area (Å²) in [5.74, 6) is 0.900. The number of hydrogen-bond donors (Lipinski definition) is 1. The Bertz CT molecular complexity index is 716. The van der Waals surface area contributed by atoms with Gasteiger partial charge in [-0.2, -0.15) is 0 Å². The number of para-hydroxylation sites is 1. The highest BCUT2D eigenvalue weighted by Crippen LogP contribution is 2.27. The molecule has 2 N–H and O–H groups in total. The highest BCUT2D eigenvalue weighted by molar-refractivity contribution is 5.86. The summed E-state index contributed by atoms with van der Waals surface area (Å²) < 4.78 is 7.56. The maximum Gasteiger partial charge on any atom is 0.128 e. The average Bonchev–Trinajstić information content (AvgIpc) is 2.84. The standard InChI is InChI=1S/C16H16N2O/c1-19-16-8-4-7-15-13(16)9-10-18(15)11-12-5-2-3-6-14(12)17/h2-10H,11,17H2,1H3. The highest BCUT2D eigenvalue weighted by Gasteiger charge is 2.07.